The van der Waals surface area contributed by atoms with Crippen molar-refractivity contribution in [1.29, 1.82) is 0 Å². The first-order chi connectivity index (χ1) is 15.8. The van der Waals surface area contributed by atoms with Crippen molar-refractivity contribution in [3.8, 4) is 17.0 Å². The molecule has 172 valence electrons. The molecule has 3 rings (SSSR count). The van der Waals surface area contributed by atoms with Gasteiger partial charge in [0.25, 0.3) is 15.9 Å². The van der Waals surface area contributed by atoms with Crippen molar-refractivity contribution in [3.05, 3.63) is 84.4 Å². The van der Waals surface area contributed by atoms with Crippen LogP contribution in [0.25, 0.3) is 11.3 Å². The molecule has 0 radical (unpaired) electrons. The Morgan fingerprint density at radius 3 is 2.39 bits per heavy atom. The number of carbonyl (C=O) groups is 1. The minimum absolute atomic E-state index is 0.0590. The van der Waals surface area contributed by atoms with Gasteiger partial charge in [0, 0.05) is 22.2 Å². The van der Waals surface area contributed by atoms with Crippen molar-refractivity contribution < 1.29 is 17.9 Å². The van der Waals surface area contributed by atoms with Crippen LogP contribution in [0.15, 0.2) is 78.9 Å². The predicted molar refractivity (Wildman–Crippen MR) is 132 cm³/mol. The smallest absolute Gasteiger partial charge is 0.264 e. The number of benzene rings is 2. The normalized spacial score (nSPS) is 11.0. The lowest BCUT2D eigenvalue weighted by molar-refractivity contribution is 0.102. The van der Waals surface area contributed by atoms with Gasteiger partial charge in [0.1, 0.15) is 5.75 Å². The molecule has 9 heteroatoms. The Balaban J connectivity index is 1.75. The molecule has 0 aliphatic carbocycles. The zero-order chi connectivity index (χ0) is 24.0. The van der Waals surface area contributed by atoms with Gasteiger partial charge in [-0.25, -0.2) is 13.4 Å². The van der Waals surface area contributed by atoms with Crippen molar-refractivity contribution in [2.45, 2.75) is 18.7 Å². The molecule has 3 aromatic rings. The minimum Gasteiger partial charge on any atom is -0.494 e. The summed E-state index contributed by atoms with van der Waals surface area (Å²) in [5, 5.41) is 3.25. The average Bonchev–Trinajstić information content (AvgIpc) is 3.17. The third-order valence-electron chi connectivity index (χ3n) is 4.69. The molecule has 1 aromatic heterocycles. The van der Waals surface area contributed by atoms with Crippen molar-refractivity contribution in [2.24, 2.45) is 0 Å². The summed E-state index contributed by atoms with van der Waals surface area (Å²) in [4.78, 5) is 18.3. The van der Waals surface area contributed by atoms with E-state index in [1.165, 1.54) is 47.9 Å². The van der Waals surface area contributed by atoms with Gasteiger partial charge in [-0.2, -0.15) is 0 Å². The number of nitrogens with one attached hydrogen (secondary N) is 1. The maximum Gasteiger partial charge on any atom is 0.264 e. The zero-order valence-electron chi connectivity index (χ0n) is 18.4. The lowest BCUT2D eigenvalue weighted by Crippen LogP contribution is -2.25. The molecule has 2 aromatic carbocycles. The fourth-order valence-corrected chi connectivity index (χ4v) is 5.15. The number of hydrogen-bond acceptors (Lipinski definition) is 6. The number of aryl methyl sites for hydroxylation is 1. The maximum atomic E-state index is 12.7. The zero-order valence-corrected chi connectivity index (χ0v) is 20.1. The Morgan fingerprint density at radius 1 is 1.15 bits per heavy atom. The minimum atomic E-state index is -3.76. The molecule has 1 N–H and O–H groups in total. The van der Waals surface area contributed by atoms with Crippen molar-refractivity contribution in [3.63, 3.8) is 0 Å². The second-order valence-electron chi connectivity index (χ2n) is 6.91. The van der Waals surface area contributed by atoms with Gasteiger partial charge in [0.2, 0.25) is 0 Å². The molecule has 1 heterocycles. The van der Waals surface area contributed by atoms with Crippen LogP contribution >= 0.6 is 11.3 Å². The number of ether oxygens (including phenoxy) is 1. The summed E-state index contributed by atoms with van der Waals surface area (Å²) >= 11 is 1.37. The van der Waals surface area contributed by atoms with Crippen molar-refractivity contribution in [1.82, 2.24) is 9.29 Å². The van der Waals surface area contributed by atoms with Crippen LogP contribution in [0.4, 0.5) is 5.13 Å². The summed E-state index contributed by atoms with van der Waals surface area (Å²) in [6, 6.07) is 13.3. The van der Waals surface area contributed by atoms with E-state index in [0.717, 1.165) is 26.2 Å². The molecular formula is C24H25N3O4S2. The molecule has 0 spiro atoms. The summed E-state index contributed by atoms with van der Waals surface area (Å²) in [7, 11) is -3.76. The number of hydrogen-bond donors (Lipinski definition) is 1. The van der Waals surface area contributed by atoms with Gasteiger partial charge in [-0.15, -0.1) is 17.9 Å². The van der Waals surface area contributed by atoms with Crippen LogP contribution in [0.2, 0.25) is 0 Å². The van der Waals surface area contributed by atoms with Crippen LogP contribution in [-0.4, -0.2) is 36.8 Å². The van der Waals surface area contributed by atoms with Crippen LogP contribution in [0.3, 0.4) is 0 Å². The summed E-state index contributed by atoms with van der Waals surface area (Å²) in [6.45, 7) is 11.7. The monoisotopic (exact) mass is 483 g/mol. The third-order valence-corrected chi connectivity index (χ3v) is 7.36. The van der Waals surface area contributed by atoms with E-state index in [2.05, 4.69) is 23.5 Å². The van der Waals surface area contributed by atoms with Crippen LogP contribution in [-0.2, 0) is 10.0 Å². The summed E-state index contributed by atoms with van der Waals surface area (Å²) in [5.74, 6) is 0.409. The molecule has 0 atom stereocenters. The molecule has 0 aliphatic rings. The second-order valence-corrected chi connectivity index (χ2v) is 10.00. The molecule has 0 saturated carbocycles. The van der Waals surface area contributed by atoms with Gasteiger partial charge in [-0.05, 0) is 62.4 Å². The molecular weight excluding hydrogens is 458 g/mol. The highest BCUT2D eigenvalue weighted by Crippen LogP contribution is 2.31. The number of thiazole rings is 1. The number of nitrogens with zero attached hydrogens (tertiary/aromatic N) is 2. The first-order valence-corrected chi connectivity index (χ1v) is 12.4. The molecule has 0 unspecified atom stereocenters. The summed E-state index contributed by atoms with van der Waals surface area (Å²) < 4.78 is 31.8. The largest absolute Gasteiger partial charge is 0.494 e. The van der Waals surface area contributed by atoms with Crippen LogP contribution in [0.1, 0.15) is 22.2 Å². The van der Waals surface area contributed by atoms with E-state index in [0.29, 0.717) is 17.3 Å². The van der Waals surface area contributed by atoms with E-state index in [9.17, 15) is 13.2 Å². The Labute approximate surface area is 198 Å². The van der Waals surface area contributed by atoms with Crippen LogP contribution in [0, 0.1) is 6.92 Å². The van der Waals surface area contributed by atoms with E-state index in [1.807, 2.05) is 38.1 Å². The molecule has 33 heavy (non-hydrogen) atoms. The first-order valence-electron chi connectivity index (χ1n) is 10.2. The highest BCUT2D eigenvalue weighted by molar-refractivity contribution is 7.89. The number of aromatic nitrogens is 1. The van der Waals surface area contributed by atoms with Gasteiger partial charge in [0.05, 0.1) is 23.7 Å². The quantitative estimate of drug-likeness (QED) is 0.406. The molecule has 0 fully saturated rings. The van der Waals surface area contributed by atoms with E-state index < -0.39 is 10.0 Å². The van der Waals surface area contributed by atoms with Gasteiger partial charge < -0.3 is 4.74 Å². The lowest BCUT2D eigenvalue weighted by Gasteiger charge is -2.18. The molecule has 0 aliphatic heterocycles. The van der Waals surface area contributed by atoms with Gasteiger partial charge in [-0.3, -0.25) is 14.4 Å². The number of carbonyl (C=O) groups excluding carboxylic acids is 1. The maximum absolute atomic E-state index is 12.7. The molecule has 0 saturated heterocycles. The Morgan fingerprint density at radius 2 is 1.82 bits per heavy atom. The van der Waals surface area contributed by atoms with E-state index in [4.69, 9.17) is 4.74 Å². The summed E-state index contributed by atoms with van der Waals surface area (Å²) in [6.07, 6.45) is 2.70. The number of amides is 1. The highest BCUT2D eigenvalue weighted by atomic mass is 32.2. The fourth-order valence-electron chi connectivity index (χ4n) is 3.07. The number of sulfonamides is 1. The van der Waals surface area contributed by atoms with E-state index in [-0.39, 0.29) is 17.3 Å². The molecule has 1 amide bonds. The van der Waals surface area contributed by atoms with Gasteiger partial charge >= 0.3 is 0 Å². The van der Waals surface area contributed by atoms with Crippen molar-refractivity contribution >= 4 is 32.4 Å². The Hall–Kier alpha value is -3.43. The fraction of sp³-hybridized carbons (Fsp3) is 0.167. The number of anilines is 1. The second kappa shape index (κ2) is 10.5. The topological polar surface area (TPSA) is 88.6 Å². The number of rotatable bonds is 10. The first kappa shape index (κ1) is 24.2. The third kappa shape index (κ3) is 5.50. The highest BCUT2D eigenvalue weighted by Gasteiger charge is 2.21. The van der Waals surface area contributed by atoms with Crippen LogP contribution < -0.4 is 10.1 Å². The van der Waals surface area contributed by atoms with Gasteiger partial charge in [0.15, 0.2) is 5.13 Å². The van der Waals surface area contributed by atoms with Gasteiger partial charge in [-0.1, -0.05) is 12.7 Å². The molecule has 0 bridgehead atoms. The Bertz CT molecular complexity index is 1250. The standard InChI is InChI=1S/C24H25N3O4S2/c1-5-16-27(6-2)33(29,30)21-14-10-19(11-15-21)23(28)26-24-25-22(17(4)32-24)18-8-12-20(13-9-18)31-7-3/h5-6,8-15H,1-2,7,16H2,3-4H3,(H,25,26,28). The average molecular weight is 484 g/mol. The van der Waals surface area contributed by atoms with Crippen LogP contribution in [0.5, 0.6) is 5.75 Å². The van der Waals surface area contributed by atoms with Crippen molar-refractivity contribution in [2.75, 3.05) is 18.5 Å². The molecule has 7 nitrogen and oxygen atoms in total. The predicted octanol–water partition coefficient (Wildman–Crippen LogP) is 5.09. The SMILES string of the molecule is C=CCN(C=C)S(=O)(=O)c1ccc(C(=O)Nc2nc(-c3ccc(OCC)cc3)c(C)s2)cc1. The lowest BCUT2D eigenvalue weighted by atomic mass is 10.1. The summed E-state index contributed by atoms with van der Waals surface area (Å²) in [5.41, 5.74) is 2.03. The van der Waals surface area contributed by atoms with E-state index in [1.54, 1.807) is 0 Å². The van der Waals surface area contributed by atoms with E-state index >= 15 is 0 Å². The Kier molecular flexibility index (Phi) is 7.67.